The first-order valence-corrected chi connectivity index (χ1v) is 31.9. The minimum Gasteiger partial charge on any atom is -0.394 e. The number of unbranched alkanes of at least 4 members (excludes halogenated alkanes) is 46. The van der Waals surface area contributed by atoms with Crippen LogP contribution in [0.25, 0.3) is 0 Å². The van der Waals surface area contributed by atoms with E-state index in [1.165, 1.54) is 289 Å². The molecular weight excluding hydrogens is 855 g/mol. The average Bonchev–Trinajstić information content (AvgIpc) is 3.36. The van der Waals surface area contributed by atoms with Crippen molar-refractivity contribution in [1.82, 2.24) is 5.32 Å². The van der Waals surface area contributed by atoms with Gasteiger partial charge in [-0.2, -0.15) is 0 Å². The fourth-order valence-electron chi connectivity index (χ4n) is 9.96. The number of allylic oxidation sites excluding steroid dienone is 7. The highest BCUT2D eigenvalue weighted by atomic mass is 16.3. The van der Waals surface area contributed by atoms with E-state index in [-0.39, 0.29) is 12.5 Å². The molecule has 2 unspecified atom stereocenters. The Morgan fingerprint density at radius 1 is 0.343 bits per heavy atom. The smallest absolute Gasteiger partial charge is 0.220 e. The maximum Gasteiger partial charge on any atom is 0.220 e. The van der Waals surface area contributed by atoms with Gasteiger partial charge < -0.3 is 15.5 Å². The fraction of sp³-hybridized carbons (Fsp3) is 0.864. The van der Waals surface area contributed by atoms with E-state index in [2.05, 4.69) is 55.6 Å². The van der Waals surface area contributed by atoms with E-state index < -0.39 is 12.1 Å². The van der Waals surface area contributed by atoms with E-state index in [1.54, 1.807) is 6.08 Å². The Morgan fingerprint density at radius 2 is 0.586 bits per heavy atom. The van der Waals surface area contributed by atoms with Crippen molar-refractivity contribution in [3.05, 3.63) is 48.6 Å². The molecule has 70 heavy (non-hydrogen) atoms. The number of aliphatic hydroxyl groups is 2. The molecule has 3 N–H and O–H groups in total. The molecule has 0 bridgehead atoms. The summed E-state index contributed by atoms with van der Waals surface area (Å²) in [7, 11) is 0. The predicted octanol–water partition coefficient (Wildman–Crippen LogP) is 21.4. The van der Waals surface area contributed by atoms with Crippen molar-refractivity contribution >= 4 is 5.91 Å². The standard InChI is InChI=1S/C66H125NO3/c1-3-5-7-9-11-13-15-17-19-21-23-25-27-29-30-31-32-33-34-35-36-38-40-42-44-46-48-50-52-54-56-58-60-62-66(70)67-64(63-68)65(69)61-59-57-55-53-51-49-47-45-43-41-39-37-28-26-24-22-20-18-16-14-12-10-8-6-4-2/h15,17,21,23,27,29,59,61,64-65,68-69H,3-14,16,18-20,22,24-26,28,30-58,60,62-63H2,1-2H3,(H,67,70)/b17-15-,23-21-,29-27-,61-59+. The van der Waals surface area contributed by atoms with Gasteiger partial charge in [0.15, 0.2) is 0 Å². The number of carbonyl (C=O) groups excluding carboxylic acids is 1. The SMILES string of the molecule is CCCCCCC/C=C\C/C=C\C/C=C\CCCCCCCCCCCCCCCCCCCCC(=O)NC(CO)C(O)/C=C/CCCCCCCCCCCCCCCCCCCCCCCCC. The molecule has 0 aliphatic carbocycles. The lowest BCUT2D eigenvalue weighted by atomic mass is 10.0. The maximum atomic E-state index is 12.5. The van der Waals surface area contributed by atoms with Crippen molar-refractivity contribution in [2.24, 2.45) is 0 Å². The van der Waals surface area contributed by atoms with Crippen molar-refractivity contribution < 1.29 is 15.0 Å². The molecule has 0 aliphatic heterocycles. The molecule has 2 atom stereocenters. The predicted molar refractivity (Wildman–Crippen MR) is 313 cm³/mol. The van der Waals surface area contributed by atoms with Crippen LogP contribution >= 0.6 is 0 Å². The molecule has 0 radical (unpaired) electrons. The Labute approximate surface area is 439 Å². The van der Waals surface area contributed by atoms with Crippen LogP contribution in [0, 0.1) is 0 Å². The molecule has 0 saturated carbocycles. The van der Waals surface area contributed by atoms with E-state index in [1.807, 2.05) is 6.08 Å². The van der Waals surface area contributed by atoms with Crippen molar-refractivity contribution in [2.75, 3.05) is 6.61 Å². The Kier molecular flexibility index (Phi) is 60.2. The summed E-state index contributed by atoms with van der Waals surface area (Å²) in [4.78, 5) is 12.5. The summed E-state index contributed by atoms with van der Waals surface area (Å²) < 4.78 is 0. The van der Waals surface area contributed by atoms with Gasteiger partial charge in [0.25, 0.3) is 0 Å². The van der Waals surface area contributed by atoms with Crippen LogP contribution in [0.15, 0.2) is 48.6 Å². The normalized spacial score (nSPS) is 13.0. The van der Waals surface area contributed by atoms with Gasteiger partial charge in [0, 0.05) is 6.42 Å². The summed E-state index contributed by atoms with van der Waals surface area (Å²) in [6, 6.07) is -0.623. The summed E-state index contributed by atoms with van der Waals surface area (Å²) in [6.45, 7) is 4.33. The number of hydrogen-bond donors (Lipinski definition) is 3. The average molecular weight is 981 g/mol. The summed E-state index contributed by atoms with van der Waals surface area (Å²) in [5, 5.41) is 23.3. The van der Waals surface area contributed by atoms with E-state index >= 15 is 0 Å². The Bertz CT molecular complexity index is 1110. The molecule has 0 fully saturated rings. The fourth-order valence-corrected chi connectivity index (χ4v) is 9.96. The Morgan fingerprint density at radius 3 is 0.871 bits per heavy atom. The van der Waals surface area contributed by atoms with E-state index in [9.17, 15) is 15.0 Å². The summed E-state index contributed by atoms with van der Waals surface area (Å²) >= 11 is 0. The number of rotatable bonds is 59. The molecule has 0 saturated heterocycles. The molecule has 0 aromatic rings. The monoisotopic (exact) mass is 980 g/mol. The van der Waals surface area contributed by atoms with Crippen molar-refractivity contribution in [2.45, 2.75) is 360 Å². The molecule has 4 nitrogen and oxygen atoms in total. The third-order valence-electron chi connectivity index (χ3n) is 14.8. The number of hydrogen-bond acceptors (Lipinski definition) is 3. The molecule has 0 heterocycles. The highest BCUT2D eigenvalue weighted by Crippen LogP contribution is 2.18. The highest BCUT2D eigenvalue weighted by molar-refractivity contribution is 5.76. The largest absolute Gasteiger partial charge is 0.394 e. The van der Waals surface area contributed by atoms with Crippen LogP contribution in [0.2, 0.25) is 0 Å². The zero-order valence-corrected chi connectivity index (χ0v) is 47.6. The Hall–Kier alpha value is -1.65. The topological polar surface area (TPSA) is 69.6 Å². The lowest BCUT2D eigenvalue weighted by molar-refractivity contribution is -0.123. The quantitative estimate of drug-likeness (QED) is 0.0420. The molecular formula is C66H125NO3. The zero-order valence-electron chi connectivity index (χ0n) is 47.6. The third kappa shape index (κ3) is 57.3. The van der Waals surface area contributed by atoms with Gasteiger partial charge in [0.05, 0.1) is 18.8 Å². The molecule has 0 rings (SSSR count). The molecule has 0 aromatic carbocycles. The first-order valence-electron chi connectivity index (χ1n) is 31.9. The highest BCUT2D eigenvalue weighted by Gasteiger charge is 2.18. The van der Waals surface area contributed by atoms with Gasteiger partial charge in [-0.15, -0.1) is 0 Å². The number of amides is 1. The summed E-state index contributed by atoms with van der Waals surface area (Å²) in [5.74, 6) is -0.0584. The lowest BCUT2D eigenvalue weighted by Gasteiger charge is -2.20. The first kappa shape index (κ1) is 68.4. The molecule has 0 aliphatic rings. The second-order valence-corrected chi connectivity index (χ2v) is 21.8. The summed E-state index contributed by atoms with van der Waals surface area (Å²) in [6.07, 6.45) is 85.9. The van der Waals surface area contributed by atoms with E-state index in [4.69, 9.17) is 0 Å². The van der Waals surface area contributed by atoms with Crippen LogP contribution in [0.4, 0.5) is 0 Å². The third-order valence-corrected chi connectivity index (χ3v) is 14.8. The second-order valence-electron chi connectivity index (χ2n) is 21.8. The van der Waals surface area contributed by atoms with Crippen molar-refractivity contribution in [3.63, 3.8) is 0 Å². The van der Waals surface area contributed by atoms with Crippen LogP contribution in [-0.4, -0.2) is 34.9 Å². The van der Waals surface area contributed by atoms with Gasteiger partial charge in [-0.1, -0.05) is 332 Å². The van der Waals surface area contributed by atoms with E-state index in [0.717, 1.165) is 38.5 Å². The molecule has 0 aromatic heterocycles. The van der Waals surface area contributed by atoms with Crippen LogP contribution in [0.5, 0.6) is 0 Å². The second kappa shape index (κ2) is 61.6. The molecule has 412 valence electrons. The molecule has 1 amide bonds. The minimum absolute atomic E-state index is 0.0584. The van der Waals surface area contributed by atoms with E-state index in [0.29, 0.717) is 6.42 Å². The van der Waals surface area contributed by atoms with Gasteiger partial charge in [-0.3, -0.25) is 4.79 Å². The van der Waals surface area contributed by atoms with Gasteiger partial charge in [-0.05, 0) is 57.8 Å². The van der Waals surface area contributed by atoms with Crippen molar-refractivity contribution in [1.29, 1.82) is 0 Å². The Balaban J connectivity index is 3.45. The zero-order chi connectivity index (χ0) is 50.6. The van der Waals surface area contributed by atoms with Crippen molar-refractivity contribution in [3.8, 4) is 0 Å². The van der Waals surface area contributed by atoms with Crippen LogP contribution in [0.3, 0.4) is 0 Å². The maximum absolute atomic E-state index is 12.5. The lowest BCUT2D eigenvalue weighted by Crippen LogP contribution is -2.45. The van der Waals surface area contributed by atoms with Gasteiger partial charge in [0.2, 0.25) is 5.91 Å². The van der Waals surface area contributed by atoms with Gasteiger partial charge >= 0.3 is 0 Å². The van der Waals surface area contributed by atoms with Gasteiger partial charge in [-0.25, -0.2) is 0 Å². The minimum atomic E-state index is -0.840. The number of aliphatic hydroxyl groups excluding tert-OH is 2. The molecule has 4 heteroatoms. The summed E-state index contributed by atoms with van der Waals surface area (Å²) in [5.41, 5.74) is 0. The number of carbonyl (C=O) groups is 1. The number of nitrogens with one attached hydrogen (secondary N) is 1. The van der Waals surface area contributed by atoms with Crippen LogP contribution < -0.4 is 5.32 Å². The van der Waals surface area contributed by atoms with Crippen LogP contribution in [0.1, 0.15) is 348 Å². The van der Waals surface area contributed by atoms with Gasteiger partial charge in [0.1, 0.15) is 0 Å². The molecule has 0 spiro atoms. The first-order chi connectivity index (χ1) is 34.7. The van der Waals surface area contributed by atoms with Crippen LogP contribution in [-0.2, 0) is 4.79 Å².